The number of rotatable bonds is 11. The van der Waals surface area contributed by atoms with E-state index in [2.05, 4.69) is 34.7 Å². The molecule has 3 rings (SSSR count). The third kappa shape index (κ3) is 6.95. The molecular formula is C24H31FN4O4. The minimum atomic E-state index is -1.20. The van der Waals surface area contributed by atoms with Crippen LogP contribution in [0.1, 0.15) is 53.5 Å². The average Bonchev–Trinajstić information content (AvgIpc) is 2.79. The molecule has 3 heterocycles. The third-order valence-electron chi connectivity index (χ3n) is 5.72. The highest BCUT2D eigenvalue weighted by molar-refractivity contribution is 5.97. The van der Waals surface area contributed by atoms with E-state index in [0.717, 1.165) is 49.8 Å². The molecular weight excluding hydrogens is 427 g/mol. The van der Waals surface area contributed by atoms with E-state index in [9.17, 15) is 19.1 Å². The number of amides is 1. The minimum Gasteiger partial charge on any atom is -0.480 e. The number of carbonyl (C=O) groups is 2. The zero-order valence-corrected chi connectivity index (χ0v) is 19.1. The molecule has 8 nitrogen and oxygen atoms in total. The van der Waals surface area contributed by atoms with Crippen molar-refractivity contribution in [2.45, 2.75) is 52.0 Å². The number of pyridine rings is 2. The summed E-state index contributed by atoms with van der Waals surface area (Å²) in [6.07, 6.45) is 5.26. The number of ether oxygens (including phenoxy) is 1. The number of carboxylic acids is 1. The van der Waals surface area contributed by atoms with Gasteiger partial charge in [-0.15, -0.1) is 0 Å². The lowest BCUT2D eigenvalue weighted by Crippen LogP contribution is -2.42. The SMILES string of the molecule is Cc1nccc(F)c1C(=O)N[C@H](CCOC[C@@H](C)CCc1ccc2c(n1)NCCC2)C(=O)O. The van der Waals surface area contributed by atoms with Crippen LogP contribution in [0.2, 0.25) is 0 Å². The Morgan fingerprint density at radius 2 is 2.12 bits per heavy atom. The van der Waals surface area contributed by atoms with E-state index in [1.807, 2.05) is 0 Å². The zero-order chi connectivity index (χ0) is 23.8. The van der Waals surface area contributed by atoms with Crippen molar-refractivity contribution in [1.82, 2.24) is 15.3 Å². The molecule has 33 heavy (non-hydrogen) atoms. The molecule has 9 heteroatoms. The molecule has 2 aromatic heterocycles. The number of carboxylic acid groups (broad SMARTS) is 1. The molecule has 0 spiro atoms. The molecule has 0 fully saturated rings. The van der Waals surface area contributed by atoms with Crippen molar-refractivity contribution in [2.24, 2.45) is 5.92 Å². The van der Waals surface area contributed by atoms with Crippen molar-refractivity contribution in [2.75, 3.05) is 25.1 Å². The maximum atomic E-state index is 13.9. The predicted molar refractivity (Wildman–Crippen MR) is 122 cm³/mol. The van der Waals surface area contributed by atoms with Crippen molar-refractivity contribution < 1.29 is 23.8 Å². The van der Waals surface area contributed by atoms with Crippen LogP contribution in [0.25, 0.3) is 0 Å². The summed E-state index contributed by atoms with van der Waals surface area (Å²) in [5, 5.41) is 15.1. The minimum absolute atomic E-state index is 0.0762. The smallest absolute Gasteiger partial charge is 0.326 e. The second-order valence-corrected chi connectivity index (χ2v) is 8.47. The van der Waals surface area contributed by atoms with E-state index < -0.39 is 23.7 Å². The molecule has 2 aromatic rings. The Balaban J connectivity index is 1.40. The molecule has 0 bridgehead atoms. The average molecular weight is 459 g/mol. The molecule has 1 amide bonds. The lowest BCUT2D eigenvalue weighted by molar-refractivity contribution is -0.139. The highest BCUT2D eigenvalue weighted by atomic mass is 19.1. The zero-order valence-electron chi connectivity index (χ0n) is 19.1. The van der Waals surface area contributed by atoms with Gasteiger partial charge in [0.25, 0.3) is 5.91 Å². The van der Waals surface area contributed by atoms with Crippen LogP contribution in [0.5, 0.6) is 0 Å². The standard InChI is InChI=1S/C24H31FN4O4/c1-15(5-7-18-8-6-17-4-3-11-27-22(17)28-18)14-33-13-10-20(24(31)32)29-23(30)21-16(2)26-12-9-19(21)25/h6,8-9,12,15,20H,3-5,7,10-11,13-14H2,1-2H3,(H,27,28)(H,29,30)(H,31,32)/t15-,20+/m0/s1. The lowest BCUT2D eigenvalue weighted by Gasteiger charge is -2.18. The van der Waals surface area contributed by atoms with Gasteiger partial charge in [-0.2, -0.15) is 0 Å². The van der Waals surface area contributed by atoms with Crippen LogP contribution in [0, 0.1) is 18.7 Å². The summed E-state index contributed by atoms with van der Waals surface area (Å²) in [5.41, 5.74) is 2.26. The summed E-state index contributed by atoms with van der Waals surface area (Å²) in [6.45, 7) is 5.16. The van der Waals surface area contributed by atoms with E-state index >= 15 is 0 Å². The van der Waals surface area contributed by atoms with Gasteiger partial charge in [-0.1, -0.05) is 13.0 Å². The van der Waals surface area contributed by atoms with Crippen molar-refractivity contribution in [3.05, 3.63) is 52.7 Å². The number of halogens is 1. The van der Waals surface area contributed by atoms with Crippen LogP contribution in [0.3, 0.4) is 0 Å². The van der Waals surface area contributed by atoms with Gasteiger partial charge in [0.05, 0.1) is 11.3 Å². The molecule has 178 valence electrons. The summed E-state index contributed by atoms with van der Waals surface area (Å²) in [5.74, 6) is -1.48. The topological polar surface area (TPSA) is 113 Å². The quantitative estimate of drug-likeness (QED) is 0.443. The molecule has 1 aliphatic rings. The van der Waals surface area contributed by atoms with E-state index in [4.69, 9.17) is 9.72 Å². The Morgan fingerprint density at radius 1 is 1.30 bits per heavy atom. The summed E-state index contributed by atoms with van der Waals surface area (Å²) < 4.78 is 19.6. The number of carbonyl (C=O) groups excluding carboxylic acids is 1. The fraction of sp³-hybridized carbons (Fsp3) is 0.500. The van der Waals surface area contributed by atoms with Gasteiger partial charge in [0, 0.05) is 38.1 Å². The van der Waals surface area contributed by atoms with Crippen LogP contribution in [-0.4, -0.2) is 52.8 Å². The fourth-order valence-electron chi connectivity index (χ4n) is 3.77. The number of anilines is 1. The molecule has 0 saturated carbocycles. The first-order valence-corrected chi connectivity index (χ1v) is 11.3. The molecule has 2 atom stereocenters. The van der Waals surface area contributed by atoms with E-state index in [1.54, 1.807) is 0 Å². The Kier molecular flexibility index (Phi) is 8.71. The molecule has 0 saturated heterocycles. The predicted octanol–water partition coefficient (Wildman–Crippen LogP) is 3.14. The van der Waals surface area contributed by atoms with Crippen molar-refractivity contribution in [3.8, 4) is 0 Å². The highest BCUT2D eigenvalue weighted by Gasteiger charge is 2.24. The van der Waals surface area contributed by atoms with Gasteiger partial charge in [0.2, 0.25) is 0 Å². The van der Waals surface area contributed by atoms with Gasteiger partial charge >= 0.3 is 5.97 Å². The first-order valence-electron chi connectivity index (χ1n) is 11.3. The summed E-state index contributed by atoms with van der Waals surface area (Å²) >= 11 is 0. The Morgan fingerprint density at radius 3 is 2.88 bits per heavy atom. The highest BCUT2D eigenvalue weighted by Crippen LogP contribution is 2.21. The normalized spacial score (nSPS) is 14.6. The van der Waals surface area contributed by atoms with E-state index in [1.165, 1.54) is 18.7 Å². The summed E-state index contributed by atoms with van der Waals surface area (Å²) in [7, 11) is 0. The number of aliphatic carboxylic acids is 1. The monoisotopic (exact) mass is 458 g/mol. The number of fused-ring (bicyclic) bond motifs is 1. The maximum Gasteiger partial charge on any atom is 0.326 e. The number of hydrogen-bond donors (Lipinski definition) is 3. The fourth-order valence-corrected chi connectivity index (χ4v) is 3.77. The lowest BCUT2D eigenvalue weighted by atomic mass is 10.0. The van der Waals surface area contributed by atoms with Crippen molar-refractivity contribution in [3.63, 3.8) is 0 Å². The number of nitrogens with zero attached hydrogens (tertiary/aromatic N) is 2. The molecule has 0 aliphatic carbocycles. The van der Waals surface area contributed by atoms with Crippen molar-refractivity contribution in [1.29, 1.82) is 0 Å². The third-order valence-corrected chi connectivity index (χ3v) is 5.72. The number of hydrogen-bond acceptors (Lipinski definition) is 6. The number of aryl methyl sites for hydroxylation is 3. The number of nitrogens with one attached hydrogen (secondary N) is 2. The van der Waals surface area contributed by atoms with Gasteiger partial charge < -0.3 is 20.5 Å². The first-order chi connectivity index (χ1) is 15.8. The van der Waals surface area contributed by atoms with Crippen LogP contribution in [0.4, 0.5) is 10.2 Å². The van der Waals surface area contributed by atoms with Gasteiger partial charge in [-0.25, -0.2) is 14.2 Å². The Labute approximate surface area is 193 Å². The second-order valence-electron chi connectivity index (χ2n) is 8.47. The van der Waals surface area contributed by atoms with Crippen LogP contribution < -0.4 is 10.6 Å². The van der Waals surface area contributed by atoms with Gasteiger partial charge in [0.1, 0.15) is 17.7 Å². The first kappa shape index (κ1) is 24.6. The van der Waals surface area contributed by atoms with E-state index in [0.29, 0.717) is 6.61 Å². The van der Waals surface area contributed by atoms with Gasteiger partial charge in [-0.05, 0) is 56.2 Å². The van der Waals surface area contributed by atoms with Crippen LogP contribution in [-0.2, 0) is 22.4 Å². The Hall–Kier alpha value is -3.07. The van der Waals surface area contributed by atoms with Crippen molar-refractivity contribution >= 4 is 17.7 Å². The molecule has 0 radical (unpaired) electrons. The summed E-state index contributed by atoms with van der Waals surface area (Å²) in [4.78, 5) is 32.5. The molecule has 3 N–H and O–H groups in total. The largest absolute Gasteiger partial charge is 0.480 e. The summed E-state index contributed by atoms with van der Waals surface area (Å²) in [6, 6.07) is 4.11. The molecule has 0 aromatic carbocycles. The maximum absolute atomic E-state index is 13.9. The van der Waals surface area contributed by atoms with Crippen LogP contribution in [0.15, 0.2) is 24.4 Å². The van der Waals surface area contributed by atoms with Gasteiger partial charge in [0.15, 0.2) is 0 Å². The second kappa shape index (κ2) is 11.7. The molecule has 0 unspecified atom stereocenters. The molecule has 1 aliphatic heterocycles. The number of aromatic nitrogens is 2. The van der Waals surface area contributed by atoms with Gasteiger partial charge in [-0.3, -0.25) is 9.78 Å². The van der Waals surface area contributed by atoms with E-state index in [-0.39, 0.29) is 30.2 Å². The van der Waals surface area contributed by atoms with Crippen LogP contribution >= 0.6 is 0 Å². The Bertz CT molecular complexity index is 965.